The van der Waals surface area contributed by atoms with Crippen LogP contribution in [0.5, 0.6) is 0 Å². The Morgan fingerprint density at radius 3 is 2.94 bits per heavy atom. The van der Waals surface area contributed by atoms with Crippen molar-refractivity contribution in [1.29, 1.82) is 0 Å². The van der Waals surface area contributed by atoms with Gasteiger partial charge in [0, 0.05) is 30.8 Å². The van der Waals surface area contributed by atoms with Crippen LogP contribution in [0.1, 0.15) is 32.6 Å². The molecular formula is C13H24N2OS. The molecule has 0 bridgehead atoms. The van der Waals surface area contributed by atoms with Crippen LogP contribution in [0.15, 0.2) is 0 Å². The summed E-state index contributed by atoms with van der Waals surface area (Å²) >= 11 is 1.93. The van der Waals surface area contributed by atoms with Gasteiger partial charge in [0.05, 0.1) is 0 Å². The molecule has 2 rings (SSSR count). The molecule has 0 aromatic carbocycles. The van der Waals surface area contributed by atoms with Crippen molar-refractivity contribution < 1.29 is 4.79 Å². The van der Waals surface area contributed by atoms with Crippen LogP contribution in [0.3, 0.4) is 0 Å². The number of hydrogen-bond acceptors (Lipinski definition) is 3. The van der Waals surface area contributed by atoms with Crippen LogP contribution >= 0.6 is 11.8 Å². The number of nitrogens with one attached hydrogen (secondary N) is 1. The fourth-order valence-corrected chi connectivity index (χ4v) is 3.94. The molecule has 17 heavy (non-hydrogen) atoms. The van der Waals surface area contributed by atoms with Crippen LogP contribution < -0.4 is 5.32 Å². The van der Waals surface area contributed by atoms with Crippen molar-refractivity contribution >= 4 is 17.7 Å². The van der Waals surface area contributed by atoms with E-state index < -0.39 is 0 Å². The molecule has 2 heterocycles. The van der Waals surface area contributed by atoms with E-state index in [2.05, 4.69) is 17.1 Å². The summed E-state index contributed by atoms with van der Waals surface area (Å²) in [7, 11) is 0. The number of thioether (sulfide) groups is 1. The molecule has 2 unspecified atom stereocenters. The van der Waals surface area contributed by atoms with Gasteiger partial charge in [-0.15, -0.1) is 0 Å². The highest BCUT2D eigenvalue weighted by atomic mass is 32.2. The van der Waals surface area contributed by atoms with Gasteiger partial charge in [-0.2, -0.15) is 11.8 Å². The molecular weight excluding hydrogens is 232 g/mol. The zero-order valence-electron chi connectivity index (χ0n) is 10.8. The molecule has 3 nitrogen and oxygen atoms in total. The summed E-state index contributed by atoms with van der Waals surface area (Å²) in [6.45, 7) is 5.13. The maximum absolute atomic E-state index is 12.4. The van der Waals surface area contributed by atoms with E-state index in [0.717, 1.165) is 44.0 Å². The van der Waals surface area contributed by atoms with Gasteiger partial charge in [-0.1, -0.05) is 6.92 Å². The number of rotatable bonds is 5. The van der Waals surface area contributed by atoms with Crippen molar-refractivity contribution in [3.05, 3.63) is 0 Å². The molecule has 0 aromatic rings. The molecule has 2 aliphatic heterocycles. The molecule has 2 aliphatic rings. The minimum absolute atomic E-state index is 0.299. The van der Waals surface area contributed by atoms with Crippen LogP contribution in [0.2, 0.25) is 0 Å². The number of carbonyl (C=O) groups excluding carboxylic acids is 1. The topological polar surface area (TPSA) is 32.3 Å². The van der Waals surface area contributed by atoms with Gasteiger partial charge in [-0.05, 0) is 38.0 Å². The molecule has 1 N–H and O–H groups in total. The molecule has 2 atom stereocenters. The predicted molar refractivity (Wildman–Crippen MR) is 73.3 cm³/mol. The fourth-order valence-electron chi connectivity index (χ4n) is 2.73. The summed E-state index contributed by atoms with van der Waals surface area (Å²) in [4.78, 5) is 14.5. The SMILES string of the molecule is CCCN(CC1CCCN1)C(=O)C1CCSC1. The smallest absolute Gasteiger partial charge is 0.226 e. The standard InChI is InChI=1S/C13H24N2OS/c1-2-7-15(9-12-4-3-6-14-12)13(16)11-5-8-17-10-11/h11-12,14H,2-10H2,1H3. The molecule has 2 saturated heterocycles. The number of hydrogen-bond donors (Lipinski definition) is 1. The second-order valence-electron chi connectivity index (χ2n) is 5.14. The zero-order valence-corrected chi connectivity index (χ0v) is 11.6. The number of nitrogens with zero attached hydrogens (tertiary/aromatic N) is 1. The monoisotopic (exact) mass is 256 g/mol. The van der Waals surface area contributed by atoms with Crippen molar-refractivity contribution in [2.24, 2.45) is 5.92 Å². The van der Waals surface area contributed by atoms with E-state index in [9.17, 15) is 4.79 Å². The first-order valence-electron chi connectivity index (χ1n) is 6.91. The van der Waals surface area contributed by atoms with E-state index in [1.54, 1.807) is 0 Å². The number of carbonyl (C=O) groups is 1. The summed E-state index contributed by atoms with van der Waals surface area (Å²) in [5, 5.41) is 3.49. The summed E-state index contributed by atoms with van der Waals surface area (Å²) in [5.74, 6) is 2.91. The Labute approximate surface area is 109 Å². The Kier molecular flexibility index (Phi) is 5.16. The Morgan fingerprint density at radius 1 is 1.47 bits per heavy atom. The normalized spacial score (nSPS) is 28.5. The lowest BCUT2D eigenvalue weighted by Crippen LogP contribution is -2.44. The average Bonchev–Trinajstić information content (AvgIpc) is 3.00. The second kappa shape index (κ2) is 6.64. The molecule has 0 aliphatic carbocycles. The van der Waals surface area contributed by atoms with Gasteiger partial charge in [0.15, 0.2) is 0 Å². The van der Waals surface area contributed by atoms with Gasteiger partial charge in [0.2, 0.25) is 5.91 Å². The Balaban J connectivity index is 1.87. The van der Waals surface area contributed by atoms with E-state index in [4.69, 9.17) is 0 Å². The highest BCUT2D eigenvalue weighted by Crippen LogP contribution is 2.25. The Hall–Kier alpha value is -0.220. The van der Waals surface area contributed by atoms with Gasteiger partial charge in [-0.25, -0.2) is 0 Å². The van der Waals surface area contributed by atoms with Crippen molar-refractivity contribution in [1.82, 2.24) is 10.2 Å². The minimum atomic E-state index is 0.299. The van der Waals surface area contributed by atoms with E-state index >= 15 is 0 Å². The van der Waals surface area contributed by atoms with E-state index in [1.165, 1.54) is 12.8 Å². The third kappa shape index (κ3) is 3.62. The highest BCUT2D eigenvalue weighted by Gasteiger charge is 2.29. The molecule has 4 heteroatoms. The molecule has 0 spiro atoms. The first-order chi connectivity index (χ1) is 8.31. The Morgan fingerprint density at radius 2 is 2.35 bits per heavy atom. The summed E-state index contributed by atoms with van der Waals surface area (Å²) in [6, 6.07) is 0.541. The lowest BCUT2D eigenvalue weighted by molar-refractivity contribution is -0.135. The highest BCUT2D eigenvalue weighted by molar-refractivity contribution is 7.99. The van der Waals surface area contributed by atoms with Crippen LogP contribution in [0.4, 0.5) is 0 Å². The van der Waals surface area contributed by atoms with Crippen LogP contribution in [-0.4, -0.2) is 48.0 Å². The van der Waals surface area contributed by atoms with Gasteiger partial charge in [0.25, 0.3) is 0 Å². The van der Waals surface area contributed by atoms with E-state index in [1.807, 2.05) is 11.8 Å². The Bertz CT molecular complexity index is 248. The summed E-state index contributed by atoms with van der Waals surface area (Å²) in [6.07, 6.45) is 4.64. The lowest BCUT2D eigenvalue weighted by atomic mass is 10.1. The first kappa shape index (κ1) is 13.2. The lowest BCUT2D eigenvalue weighted by Gasteiger charge is -2.27. The quantitative estimate of drug-likeness (QED) is 0.813. The van der Waals surface area contributed by atoms with Crippen LogP contribution in [0.25, 0.3) is 0 Å². The molecule has 98 valence electrons. The van der Waals surface area contributed by atoms with Gasteiger partial charge < -0.3 is 10.2 Å². The van der Waals surface area contributed by atoms with Gasteiger partial charge in [0.1, 0.15) is 0 Å². The maximum Gasteiger partial charge on any atom is 0.226 e. The second-order valence-corrected chi connectivity index (χ2v) is 6.29. The number of amides is 1. The molecule has 1 amide bonds. The third-order valence-electron chi connectivity index (χ3n) is 3.69. The first-order valence-corrected chi connectivity index (χ1v) is 8.06. The van der Waals surface area contributed by atoms with Crippen molar-refractivity contribution in [2.45, 2.75) is 38.6 Å². The largest absolute Gasteiger partial charge is 0.341 e. The third-order valence-corrected chi connectivity index (χ3v) is 4.85. The predicted octanol–water partition coefficient (Wildman–Crippen LogP) is 1.73. The maximum atomic E-state index is 12.4. The average molecular weight is 256 g/mol. The molecule has 0 radical (unpaired) electrons. The minimum Gasteiger partial charge on any atom is -0.341 e. The van der Waals surface area contributed by atoms with E-state index in [-0.39, 0.29) is 0 Å². The molecule has 0 aromatic heterocycles. The van der Waals surface area contributed by atoms with Crippen molar-refractivity contribution in [3.8, 4) is 0 Å². The van der Waals surface area contributed by atoms with Crippen LogP contribution in [0, 0.1) is 5.92 Å². The molecule has 0 saturated carbocycles. The van der Waals surface area contributed by atoms with Gasteiger partial charge in [-0.3, -0.25) is 4.79 Å². The summed E-state index contributed by atoms with van der Waals surface area (Å²) < 4.78 is 0. The van der Waals surface area contributed by atoms with Crippen molar-refractivity contribution in [2.75, 3.05) is 31.1 Å². The zero-order chi connectivity index (χ0) is 12.1. The fraction of sp³-hybridized carbons (Fsp3) is 0.923. The summed E-state index contributed by atoms with van der Waals surface area (Å²) in [5.41, 5.74) is 0. The van der Waals surface area contributed by atoms with Crippen molar-refractivity contribution in [3.63, 3.8) is 0 Å². The van der Waals surface area contributed by atoms with Crippen LogP contribution in [-0.2, 0) is 4.79 Å². The van der Waals surface area contributed by atoms with E-state index in [0.29, 0.717) is 17.9 Å². The molecule has 2 fully saturated rings. The van der Waals surface area contributed by atoms with Gasteiger partial charge >= 0.3 is 0 Å².